The van der Waals surface area contributed by atoms with E-state index in [1.54, 1.807) is 18.2 Å². The number of benzene rings is 1. The van der Waals surface area contributed by atoms with Crippen molar-refractivity contribution in [1.29, 1.82) is 0 Å². The van der Waals surface area contributed by atoms with Gasteiger partial charge in [-0.25, -0.2) is 4.39 Å². The smallest absolute Gasteiger partial charge is 0.238 e. The molecular formula is C15H20FN3O. The van der Waals surface area contributed by atoms with Gasteiger partial charge in [-0.1, -0.05) is 12.1 Å². The van der Waals surface area contributed by atoms with Crippen molar-refractivity contribution in [1.82, 2.24) is 4.90 Å². The Bertz CT molecular complexity index is 508. The summed E-state index contributed by atoms with van der Waals surface area (Å²) in [7, 11) is 0. The number of carbonyl (C=O) groups excluding carboxylic acids is 1. The van der Waals surface area contributed by atoms with E-state index < -0.39 is 5.82 Å². The van der Waals surface area contributed by atoms with E-state index in [2.05, 4.69) is 10.2 Å². The van der Waals surface area contributed by atoms with E-state index >= 15 is 0 Å². The fourth-order valence-corrected chi connectivity index (χ4v) is 3.48. The molecule has 2 fully saturated rings. The molecule has 1 heterocycles. The first-order valence-electron chi connectivity index (χ1n) is 7.16. The molecule has 3 unspecified atom stereocenters. The molecule has 2 aliphatic rings. The molecule has 1 amide bonds. The number of nitrogens with zero attached hydrogens (tertiary/aromatic N) is 1. The van der Waals surface area contributed by atoms with Gasteiger partial charge in [0.1, 0.15) is 5.82 Å². The fraction of sp³-hybridized carbons (Fsp3) is 0.533. The molecule has 0 bridgehead atoms. The number of nitrogens with one attached hydrogen (secondary N) is 1. The summed E-state index contributed by atoms with van der Waals surface area (Å²) < 4.78 is 13.5. The van der Waals surface area contributed by atoms with Crippen molar-refractivity contribution >= 4 is 11.6 Å². The predicted octanol–water partition coefficient (Wildman–Crippen LogP) is 1.43. The second-order valence-corrected chi connectivity index (χ2v) is 5.89. The summed E-state index contributed by atoms with van der Waals surface area (Å²) in [6.07, 6.45) is 2.27. The van der Waals surface area contributed by atoms with Gasteiger partial charge in [-0.15, -0.1) is 0 Å². The quantitative estimate of drug-likeness (QED) is 0.879. The lowest BCUT2D eigenvalue weighted by Crippen LogP contribution is -2.34. The maximum Gasteiger partial charge on any atom is 0.238 e. The van der Waals surface area contributed by atoms with Crippen molar-refractivity contribution in [3.63, 3.8) is 0 Å². The highest BCUT2D eigenvalue weighted by Gasteiger charge is 2.41. The van der Waals surface area contributed by atoms with Crippen molar-refractivity contribution in [2.75, 3.05) is 25.0 Å². The van der Waals surface area contributed by atoms with E-state index in [1.807, 2.05) is 0 Å². The van der Waals surface area contributed by atoms with E-state index in [9.17, 15) is 9.18 Å². The van der Waals surface area contributed by atoms with Gasteiger partial charge in [0.15, 0.2) is 0 Å². The Morgan fingerprint density at radius 1 is 1.35 bits per heavy atom. The Kier molecular flexibility index (Phi) is 3.72. The molecule has 1 saturated heterocycles. The largest absolute Gasteiger partial charge is 0.327 e. The van der Waals surface area contributed by atoms with Crippen LogP contribution in [0.4, 0.5) is 10.1 Å². The molecule has 1 aromatic carbocycles. The number of carbonyl (C=O) groups is 1. The first kappa shape index (κ1) is 13.5. The number of hydrogen-bond donors (Lipinski definition) is 2. The van der Waals surface area contributed by atoms with Crippen molar-refractivity contribution in [3.05, 3.63) is 30.1 Å². The van der Waals surface area contributed by atoms with Crippen molar-refractivity contribution < 1.29 is 9.18 Å². The Balaban J connectivity index is 1.54. The minimum Gasteiger partial charge on any atom is -0.327 e. The molecule has 5 heteroatoms. The SMILES string of the molecule is NC1CCC2CN(CC(=O)Nc3ccccc3F)CC12. The first-order valence-corrected chi connectivity index (χ1v) is 7.16. The molecule has 3 atom stereocenters. The number of fused-ring (bicyclic) bond motifs is 1. The number of likely N-dealkylation sites (tertiary alicyclic amines) is 1. The number of halogens is 1. The molecule has 108 valence electrons. The van der Waals surface area contributed by atoms with Crippen LogP contribution in [0.3, 0.4) is 0 Å². The molecule has 0 radical (unpaired) electrons. The second kappa shape index (κ2) is 5.50. The van der Waals surface area contributed by atoms with Gasteiger partial charge in [-0.3, -0.25) is 9.69 Å². The van der Waals surface area contributed by atoms with Gasteiger partial charge in [0.05, 0.1) is 12.2 Å². The van der Waals surface area contributed by atoms with E-state index in [1.165, 1.54) is 6.07 Å². The monoisotopic (exact) mass is 277 g/mol. The zero-order chi connectivity index (χ0) is 14.1. The minimum absolute atomic E-state index is 0.163. The lowest BCUT2D eigenvalue weighted by atomic mass is 9.98. The maximum absolute atomic E-state index is 13.5. The van der Waals surface area contributed by atoms with Crippen molar-refractivity contribution in [3.8, 4) is 0 Å². The van der Waals surface area contributed by atoms with Crippen LogP contribution < -0.4 is 11.1 Å². The molecule has 0 aromatic heterocycles. The normalized spacial score (nSPS) is 29.4. The third-order valence-corrected chi connectivity index (χ3v) is 4.50. The van der Waals surface area contributed by atoms with E-state index in [4.69, 9.17) is 5.73 Å². The molecule has 0 spiro atoms. The summed E-state index contributed by atoms with van der Waals surface area (Å²) in [6, 6.07) is 6.50. The summed E-state index contributed by atoms with van der Waals surface area (Å²) >= 11 is 0. The Morgan fingerprint density at radius 2 is 2.15 bits per heavy atom. The Morgan fingerprint density at radius 3 is 2.90 bits per heavy atom. The zero-order valence-electron chi connectivity index (χ0n) is 11.4. The van der Waals surface area contributed by atoms with E-state index in [-0.39, 0.29) is 17.6 Å². The number of hydrogen-bond acceptors (Lipinski definition) is 3. The molecule has 1 saturated carbocycles. The highest BCUT2D eigenvalue weighted by atomic mass is 19.1. The summed E-state index contributed by atoms with van der Waals surface area (Å²) in [6.45, 7) is 2.13. The van der Waals surface area contributed by atoms with E-state index in [0.29, 0.717) is 18.4 Å². The number of rotatable bonds is 3. The van der Waals surface area contributed by atoms with Crippen LogP contribution >= 0.6 is 0 Å². The van der Waals surface area contributed by atoms with Crippen LogP contribution in [-0.2, 0) is 4.79 Å². The second-order valence-electron chi connectivity index (χ2n) is 5.89. The summed E-state index contributed by atoms with van der Waals surface area (Å²) in [5, 5.41) is 2.63. The third-order valence-electron chi connectivity index (χ3n) is 4.50. The summed E-state index contributed by atoms with van der Waals surface area (Å²) in [4.78, 5) is 14.1. The standard InChI is InChI=1S/C15H20FN3O/c16-12-3-1-2-4-14(12)18-15(20)9-19-7-10-5-6-13(17)11(10)8-19/h1-4,10-11,13H,5-9,17H2,(H,18,20). The van der Waals surface area contributed by atoms with Crippen LogP contribution in [0.5, 0.6) is 0 Å². The van der Waals surface area contributed by atoms with Crippen LogP contribution in [0.2, 0.25) is 0 Å². The summed E-state index contributed by atoms with van der Waals surface area (Å²) in [5.41, 5.74) is 6.32. The Hall–Kier alpha value is -1.46. The van der Waals surface area contributed by atoms with Crippen LogP contribution in [0, 0.1) is 17.7 Å². The Labute approximate surface area is 118 Å². The number of anilines is 1. The number of nitrogens with two attached hydrogens (primary N) is 1. The molecular weight excluding hydrogens is 257 g/mol. The van der Waals surface area contributed by atoms with Gasteiger partial charge in [0.25, 0.3) is 0 Å². The topological polar surface area (TPSA) is 58.4 Å². The van der Waals surface area contributed by atoms with Crippen LogP contribution in [-0.4, -0.2) is 36.5 Å². The van der Waals surface area contributed by atoms with Gasteiger partial charge in [-0.2, -0.15) is 0 Å². The van der Waals surface area contributed by atoms with Gasteiger partial charge in [-0.05, 0) is 36.8 Å². The number of amides is 1. The maximum atomic E-state index is 13.5. The van der Waals surface area contributed by atoms with Crippen molar-refractivity contribution in [2.24, 2.45) is 17.6 Å². The molecule has 1 aliphatic heterocycles. The van der Waals surface area contributed by atoms with Crippen LogP contribution in [0.25, 0.3) is 0 Å². The highest BCUT2D eigenvalue weighted by molar-refractivity contribution is 5.92. The fourth-order valence-electron chi connectivity index (χ4n) is 3.48. The highest BCUT2D eigenvalue weighted by Crippen LogP contribution is 2.36. The zero-order valence-corrected chi connectivity index (χ0v) is 11.4. The van der Waals surface area contributed by atoms with Crippen LogP contribution in [0.15, 0.2) is 24.3 Å². The minimum atomic E-state index is -0.402. The van der Waals surface area contributed by atoms with Crippen LogP contribution in [0.1, 0.15) is 12.8 Å². The van der Waals surface area contributed by atoms with Gasteiger partial charge < -0.3 is 11.1 Å². The van der Waals surface area contributed by atoms with Gasteiger partial charge in [0, 0.05) is 19.1 Å². The van der Waals surface area contributed by atoms with Gasteiger partial charge in [0.2, 0.25) is 5.91 Å². The third kappa shape index (κ3) is 2.69. The molecule has 3 N–H and O–H groups in total. The first-order chi connectivity index (χ1) is 9.63. The van der Waals surface area contributed by atoms with Crippen molar-refractivity contribution in [2.45, 2.75) is 18.9 Å². The lowest BCUT2D eigenvalue weighted by Gasteiger charge is -2.18. The van der Waals surface area contributed by atoms with E-state index in [0.717, 1.165) is 25.9 Å². The predicted molar refractivity (Wildman–Crippen MR) is 75.7 cm³/mol. The average molecular weight is 277 g/mol. The molecule has 1 aliphatic carbocycles. The molecule has 1 aromatic rings. The lowest BCUT2D eigenvalue weighted by molar-refractivity contribution is -0.117. The molecule has 3 rings (SSSR count). The van der Waals surface area contributed by atoms with Gasteiger partial charge >= 0.3 is 0 Å². The molecule has 4 nitrogen and oxygen atoms in total. The number of para-hydroxylation sites is 1. The molecule has 20 heavy (non-hydrogen) atoms. The average Bonchev–Trinajstić information content (AvgIpc) is 2.95. The summed E-state index contributed by atoms with van der Waals surface area (Å²) in [5.74, 6) is 0.590.